The molecule has 2 N–H and O–H groups in total. The fourth-order valence-electron chi connectivity index (χ4n) is 7.67. The number of hydrogen-bond acceptors (Lipinski definition) is 4. The van der Waals surface area contributed by atoms with E-state index in [1.54, 1.807) is 16.7 Å². The third kappa shape index (κ3) is 5.97. The van der Waals surface area contributed by atoms with Gasteiger partial charge in [-0.2, -0.15) is 5.10 Å². The molecule has 0 saturated heterocycles. The Morgan fingerprint density at radius 2 is 1.66 bits per heavy atom. The second kappa shape index (κ2) is 11.6. The number of urea groups is 1. The topological polar surface area (TPSA) is 88.5 Å². The summed E-state index contributed by atoms with van der Waals surface area (Å²) in [7, 11) is 1.63. The molecule has 1 aromatic heterocycles. The van der Waals surface area contributed by atoms with Crippen LogP contribution in [0.4, 0.5) is 10.6 Å². The number of benzene rings is 2. The summed E-state index contributed by atoms with van der Waals surface area (Å²) >= 11 is 0. The Kier molecular flexibility index (Phi) is 7.73. The first-order valence-electron chi connectivity index (χ1n) is 15.1. The molecule has 4 aliphatic rings. The summed E-state index contributed by atoms with van der Waals surface area (Å²) in [4.78, 5) is 28.9. The normalized spacial score (nSPS) is 24.2. The molecule has 8 heteroatoms. The van der Waals surface area contributed by atoms with Crippen molar-refractivity contribution in [1.29, 1.82) is 0 Å². The molecule has 3 amide bonds. The van der Waals surface area contributed by atoms with Crippen LogP contribution in [-0.2, 0) is 4.79 Å². The van der Waals surface area contributed by atoms with Gasteiger partial charge in [0.05, 0.1) is 18.5 Å². The number of carbonyl (C=O) groups is 2. The van der Waals surface area contributed by atoms with Gasteiger partial charge in [0.25, 0.3) is 0 Å². The highest BCUT2D eigenvalue weighted by Gasteiger charge is 2.51. The molecule has 1 heterocycles. The van der Waals surface area contributed by atoms with Crippen molar-refractivity contribution in [1.82, 2.24) is 20.0 Å². The first-order valence-corrected chi connectivity index (χ1v) is 15.1. The van der Waals surface area contributed by atoms with Crippen LogP contribution in [0.15, 0.2) is 60.7 Å². The second-order valence-corrected chi connectivity index (χ2v) is 12.3. The van der Waals surface area contributed by atoms with Crippen molar-refractivity contribution in [3.63, 3.8) is 0 Å². The quantitative estimate of drug-likeness (QED) is 0.309. The molecule has 0 unspecified atom stereocenters. The third-order valence-corrected chi connectivity index (χ3v) is 9.18. The first kappa shape index (κ1) is 27.4. The van der Waals surface area contributed by atoms with Gasteiger partial charge in [-0.3, -0.25) is 4.79 Å². The van der Waals surface area contributed by atoms with Crippen LogP contribution in [0, 0.1) is 17.8 Å². The van der Waals surface area contributed by atoms with Gasteiger partial charge in [-0.15, -0.1) is 0 Å². The van der Waals surface area contributed by atoms with Crippen LogP contribution in [0.1, 0.15) is 58.3 Å². The van der Waals surface area contributed by atoms with E-state index in [-0.39, 0.29) is 24.0 Å². The van der Waals surface area contributed by atoms with Crippen LogP contribution in [0.5, 0.6) is 5.75 Å². The van der Waals surface area contributed by atoms with Crippen molar-refractivity contribution < 1.29 is 14.3 Å². The van der Waals surface area contributed by atoms with Gasteiger partial charge in [0, 0.05) is 23.7 Å². The molecular formula is C33H41N5O3. The van der Waals surface area contributed by atoms with Gasteiger partial charge in [-0.05, 0) is 87.0 Å². The number of ether oxygens (including phenoxy) is 1. The van der Waals surface area contributed by atoms with E-state index in [0.717, 1.165) is 72.6 Å². The fraction of sp³-hybridized carbons (Fsp3) is 0.485. The number of unbranched alkanes of at least 4 members (excludes halogenated alkanes) is 1. The average Bonchev–Trinajstić information content (AvgIpc) is 3.38. The molecule has 2 aromatic carbocycles. The number of rotatable bonds is 10. The maximum atomic E-state index is 13.7. The van der Waals surface area contributed by atoms with E-state index in [1.807, 2.05) is 60.7 Å². The molecule has 4 fully saturated rings. The number of nitrogens with zero attached hydrogens (tertiary/aromatic N) is 3. The van der Waals surface area contributed by atoms with E-state index in [1.165, 1.54) is 19.3 Å². The van der Waals surface area contributed by atoms with Crippen LogP contribution in [-0.4, -0.2) is 52.4 Å². The summed E-state index contributed by atoms with van der Waals surface area (Å²) in [6, 6.07) is 19.2. The molecule has 0 atom stereocenters. The van der Waals surface area contributed by atoms with E-state index in [4.69, 9.17) is 9.84 Å². The molecule has 0 spiro atoms. The van der Waals surface area contributed by atoms with Crippen LogP contribution in [0.3, 0.4) is 0 Å². The summed E-state index contributed by atoms with van der Waals surface area (Å²) in [6.45, 7) is 2.65. The number of aromatic nitrogens is 2. The van der Waals surface area contributed by atoms with Gasteiger partial charge < -0.3 is 20.3 Å². The number of carbonyl (C=O) groups excluding carboxylic acids is 2. The predicted octanol–water partition coefficient (Wildman–Crippen LogP) is 6.27. The smallest absolute Gasteiger partial charge is 0.318 e. The van der Waals surface area contributed by atoms with Gasteiger partial charge in [-0.1, -0.05) is 43.7 Å². The van der Waals surface area contributed by atoms with E-state index < -0.39 is 0 Å². The Labute approximate surface area is 242 Å². The largest absolute Gasteiger partial charge is 0.497 e. The molecule has 7 rings (SSSR count). The van der Waals surface area contributed by atoms with Crippen molar-refractivity contribution in [2.24, 2.45) is 17.8 Å². The number of anilines is 1. The van der Waals surface area contributed by atoms with Gasteiger partial charge in [-0.25, -0.2) is 9.48 Å². The minimum Gasteiger partial charge on any atom is -0.497 e. The zero-order valence-corrected chi connectivity index (χ0v) is 24.1. The highest BCUT2D eigenvalue weighted by atomic mass is 16.5. The van der Waals surface area contributed by atoms with Crippen LogP contribution < -0.4 is 15.4 Å². The van der Waals surface area contributed by atoms with E-state index >= 15 is 0 Å². The molecule has 0 radical (unpaired) electrons. The van der Waals surface area contributed by atoms with Crippen molar-refractivity contribution in [2.45, 2.75) is 63.8 Å². The molecule has 4 bridgehead atoms. The summed E-state index contributed by atoms with van der Waals surface area (Å²) in [5.74, 6) is 3.28. The maximum absolute atomic E-state index is 13.7. The summed E-state index contributed by atoms with van der Waals surface area (Å²) in [5.41, 5.74) is 2.41. The minimum atomic E-state index is -0.240. The Bertz CT molecular complexity index is 1330. The Balaban J connectivity index is 1.20. The van der Waals surface area contributed by atoms with Gasteiger partial charge in [0.15, 0.2) is 0 Å². The van der Waals surface area contributed by atoms with Crippen LogP contribution in [0.2, 0.25) is 0 Å². The van der Waals surface area contributed by atoms with Crippen molar-refractivity contribution in [3.8, 4) is 22.7 Å². The molecular weight excluding hydrogens is 514 g/mol. The number of hydrogen-bond donors (Lipinski definition) is 2. The Morgan fingerprint density at radius 1 is 1.00 bits per heavy atom. The maximum Gasteiger partial charge on any atom is 0.318 e. The summed E-state index contributed by atoms with van der Waals surface area (Å²) in [6.07, 6.45) is 9.03. The average molecular weight is 556 g/mol. The SMILES string of the molecule is CCCCN(CC(=O)Nc1cc(-c2ccccc2)nn1-c1ccc(OC)cc1)C(=O)NC12CC3CC(CC(C3)C1)C2. The molecule has 4 aliphatic carbocycles. The lowest BCUT2D eigenvalue weighted by Crippen LogP contribution is -2.62. The third-order valence-electron chi connectivity index (χ3n) is 9.18. The summed E-state index contributed by atoms with van der Waals surface area (Å²) in [5, 5.41) is 11.3. The van der Waals surface area contributed by atoms with Gasteiger partial charge in [0.1, 0.15) is 18.1 Å². The van der Waals surface area contributed by atoms with Gasteiger partial charge in [0.2, 0.25) is 5.91 Å². The fourth-order valence-corrected chi connectivity index (χ4v) is 7.67. The highest BCUT2D eigenvalue weighted by molar-refractivity contribution is 5.94. The molecule has 41 heavy (non-hydrogen) atoms. The van der Waals surface area contributed by atoms with E-state index in [9.17, 15) is 9.59 Å². The molecule has 3 aromatic rings. The lowest BCUT2D eigenvalue weighted by molar-refractivity contribution is -0.116. The van der Waals surface area contributed by atoms with E-state index in [2.05, 4.69) is 17.6 Å². The molecule has 216 valence electrons. The molecule has 4 saturated carbocycles. The van der Waals surface area contributed by atoms with E-state index in [0.29, 0.717) is 12.4 Å². The first-order chi connectivity index (χ1) is 19.9. The number of methoxy groups -OCH3 is 1. The van der Waals surface area contributed by atoms with Crippen molar-refractivity contribution in [2.75, 3.05) is 25.5 Å². The van der Waals surface area contributed by atoms with Gasteiger partial charge >= 0.3 is 6.03 Å². The Hall–Kier alpha value is -3.81. The van der Waals surface area contributed by atoms with Crippen LogP contribution in [0.25, 0.3) is 16.9 Å². The lowest BCUT2D eigenvalue weighted by atomic mass is 9.53. The monoisotopic (exact) mass is 555 g/mol. The number of nitrogens with one attached hydrogen (secondary N) is 2. The Morgan fingerprint density at radius 3 is 2.27 bits per heavy atom. The second-order valence-electron chi connectivity index (χ2n) is 12.3. The highest BCUT2D eigenvalue weighted by Crippen LogP contribution is 2.55. The predicted molar refractivity (Wildman–Crippen MR) is 160 cm³/mol. The molecule has 8 nitrogen and oxygen atoms in total. The van der Waals surface area contributed by atoms with Crippen molar-refractivity contribution >= 4 is 17.8 Å². The number of amides is 3. The lowest BCUT2D eigenvalue weighted by Gasteiger charge is -2.57. The van der Waals surface area contributed by atoms with Crippen LogP contribution >= 0.6 is 0 Å². The molecule has 0 aliphatic heterocycles. The zero-order valence-electron chi connectivity index (χ0n) is 24.1. The van der Waals surface area contributed by atoms with Crippen molar-refractivity contribution in [3.05, 3.63) is 60.7 Å². The summed E-state index contributed by atoms with van der Waals surface area (Å²) < 4.78 is 7.04. The minimum absolute atomic E-state index is 0.00728. The zero-order chi connectivity index (χ0) is 28.4. The standard InChI is InChI=1S/C33H41N5O3/c1-3-4-14-37(32(40)35-33-19-23-15-24(20-33)17-25(16-23)21-33)22-31(39)34-30-18-29(26-8-6-5-7-9-26)36-38(30)27-10-12-28(41-2)13-11-27/h5-13,18,23-25H,3-4,14-17,19-22H2,1-2H3,(H,34,39)(H,35,40).